The van der Waals surface area contributed by atoms with Crippen LogP contribution in [0.5, 0.6) is 5.75 Å². The monoisotopic (exact) mass is 530 g/mol. The third-order valence-corrected chi connectivity index (χ3v) is 7.52. The fourth-order valence-electron chi connectivity index (χ4n) is 4.33. The second-order valence-corrected chi connectivity index (χ2v) is 10.5. The SMILES string of the molecule is CC1(C)CC(=O)C2=C(C1)Oc1c(I)c(-c3ccccc3)oc(=O)c1C2c1cccs1. The molecule has 1 atom stereocenters. The van der Waals surface area contributed by atoms with Gasteiger partial charge in [0.2, 0.25) is 0 Å². The van der Waals surface area contributed by atoms with Crippen molar-refractivity contribution >= 4 is 39.7 Å². The molecule has 30 heavy (non-hydrogen) atoms. The first-order valence-corrected chi connectivity index (χ1v) is 11.7. The first kappa shape index (κ1) is 19.8. The van der Waals surface area contributed by atoms with E-state index < -0.39 is 11.5 Å². The van der Waals surface area contributed by atoms with Gasteiger partial charge in [0.15, 0.2) is 17.3 Å². The number of allylic oxidation sites excluding steroid dienone is 2. The minimum absolute atomic E-state index is 0.0480. The summed E-state index contributed by atoms with van der Waals surface area (Å²) in [4.78, 5) is 27.4. The molecule has 0 radical (unpaired) electrons. The minimum atomic E-state index is -0.452. The summed E-state index contributed by atoms with van der Waals surface area (Å²) in [6.45, 7) is 4.15. The summed E-state index contributed by atoms with van der Waals surface area (Å²) < 4.78 is 12.9. The average molecular weight is 530 g/mol. The molecule has 5 rings (SSSR count). The minimum Gasteiger partial charge on any atom is -0.459 e. The smallest absolute Gasteiger partial charge is 0.344 e. The number of ketones is 1. The molecule has 0 saturated carbocycles. The molecule has 1 unspecified atom stereocenters. The quantitative estimate of drug-likeness (QED) is 0.374. The lowest BCUT2D eigenvalue weighted by Crippen LogP contribution is -2.35. The Morgan fingerprint density at radius 1 is 1.07 bits per heavy atom. The number of carbonyl (C=O) groups excluding carboxylic acids is 1. The number of rotatable bonds is 2. The fourth-order valence-corrected chi connectivity index (χ4v) is 5.99. The Labute approximate surface area is 191 Å². The van der Waals surface area contributed by atoms with Crippen molar-refractivity contribution in [1.82, 2.24) is 0 Å². The van der Waals surface area contributed by atoms with Gasteiger partial charge in [-0.1, -0.05) is 50.2 Å². The number of hydrogen-bond acceptors (Lipinski definition) is 5. The molecule has 0 N–H and O–H groups in total. The number of Topliss-reactive ketones (excluding diaryl/α,β-unsaturated/α-hetero) is 1. The van der Waals surface area contributed by atoms with Gasteiger partial charge >= 0.3 is 5.63 Å². The van der Waals surface area contributed by atoms with Crippen LogP contribution in [0.3, 0.4) is 0 Å². The largest absolute Gasteiger partial charge is 0.459 e. The van der Waals surface area contributed by atoms with Crippen LogP contribution in [0.4, 0.5) is 0 Å². The van der Waals surface area contributed by atoms with Crippen LogP contribution in [-0.4, -0.2) is 5.78 Å². The molecule has 0 spiro atoms. The van der Waals surface area contributed by atoms with Crippen molar-refractivity contribution in [1.29, 1.82) is 0 Å². The van der Waals surface area contributed by atoms with Crippen LogP contribution < -0.4 is 10.4 Å². The summed E-state index contributed by atoms with van der Waals surface area (Å²) in [5, 5.41) is 1.97. The maximum atomic E-state index is 13.2. The highest BCUT2D eigenvalue weighted by Gasteiger charge is 2.45. The van der Waals surface area contributed by atoms with Crippen molar-refractivity contribution in [3.8, 4) is 17.1 Å². The third kappa shape index (κ3) is 3.17. The fraction of sp³-hybridized carbons (Fsp3) is 0.250. The lowest BCUT2D eigenvalue weighted by molar-refractivity contribution is -0.118. The maximum absolute atomic E-state index is 13.2. The molecule has 2 aromatic heterocycles. The van der Waals surface area contributed by atoms with E-state index in [-0.39, 0.29) is 11.2 Å². The molecular formula is C24H19IO4S. The van der Waals surface area contributed by atoms with Gasteiger partial charge in [0.25, 0.3) is 0 Å². The van der Waals surface area contributed by atoms with Crippen LogP contribution in [0.1, 0.15) is 43.0 Å². The third-order valence-electron chi connectivity index (χ3n) is 5.60. The molecule has 3 heterocycles. The van der Waals surface area contributed by atoms with Crippen LogP contribution in [0.15, 0.2) is 68.4 Å². The van der Waals surface area contributed by atoms with Crippen molar-refractivity contribution in [2.75, 3.05) is 0 Å². The van der Waals surface area contributed by atoms with Gasteiger partial charge < -0.3 is 9.15 Å². The summed E-state index contributed by atoms with van der Waals surface area (Å²) in [5.41, 5.74) is 1.22. The van der Waals surface area contributed by atoms with Crippen LogP contribution in [0.2, 0.25) is 0 Å². The van der Waals surface area contributed by atoms with Gasteiger partial charge in [0, 0.05) is 28.9 Å². The van der Waals surface area contributed by atoms with E-state index in [1.165, 1.54) is 0 Å². The number of fused-ring (bicyclic) bond motifs is 1. The van der Waals surface area contributed by atoms with Crippen molar-refractivity contribution in [2.45, 2.75) is 32.6 Å². The van der Waals surface area contributed by atoms with Crippen molar-refractivity contribution in [3.05, 3.63) is 83.6 Å². The molecule has 1 aliphatic heterocycles. The zero-order valence-corrected chi connectivity index (χ0v) is 19.5. The molecule has 152 valence electrons. The Kier molecular flexibility index (Phi) is 4.74. The van der Waals surface area contributed by atoms with Gasteiger partial charge in [-0.15, -0.1) is 11.3 Å². The summed E-state index contributed by atoms with van der Waals surface area (Å²) in [6, 6.07) is 13.5. The van der Waals surface area contributed by atoms with E-state index >= 15 is 0 Å². The van der Waals surface area contributed by atoms with E-state index in [4.69, 9.17) is 9.15 Å². The van der Waals surface area contributed by atoms with Gasteiger partial charge in [-0.05, 0) is 39.5 Å². The second-order valence-electron chi connectivity index (χ2n) is 8.47. The van der Waals surface area contributed by atoms with E-state index in [0.29, 0.717) is 41.2 Å². The van der Waals surface area contributed by atoms with E-state index in [1.54, 1.807) is 11.3 Å². The van der Waals surface area contributed by atoms with E-state index in [2.05, 4.69) is 36.4 Å². The van der Waals surface area contributed by atoms with Crippen molar-refractivity contribution in [3.63, 3.8) is 0 Å². The van der Waals surface area contributed by atoms with Gasteiger partial charge in [-0.2, -0.15) is 0 Å². The Morgan fingerprint density at radius 2 is 1.83 bits per heavy atom. The number of hydrogen-bond donors (Lipinski definition) is 0. The number of halogens is 1. The van der Waals surface area contributed by atoms with E-state index in [1.807, 2.05) is 47.8 Å². The Bertz CT molecular complexity index is 1240. The molecule has 0 amide bonds. The predicted octanol–water partition coefficient (Wildman–Crippen LogP) is 6.14. The van der Waals surface area contributed by atoms with Gasteiger partial charge in [0.05, 0.1) is 15.1 Å². The molecule has 0 fully saturated rings. The Balaban J connectivity index is 1.78. The van der Waals surface area contributed by atoms with E-state index in [9.17, 15) is 9.59 Å². The Hall–Kier alpha value is -2.19. The van der Waals surface area contributed by atoms with Crippen LogP contribution in [0, 0.1) is 8.99 Å². The highest BCUT2D eigenvalue weighted by Crippen LogP contribution is 2.51. The normalized spacial score (nSPS) is 19.8. The molecule has 2 aliphatic rings. The maximum Gasteiger partial charge on any atom is 0.344 e. The summed E-state index contributed by atoms with van der Waals surface area (Å²) >= 11 is 3.73. The summed E-state index contributed by atoms with van der Waals surface area (Å²) in [5.74, 6) is 1.31. The summed E-state index contributed by atoms with van der Waals surface area (Å²) in [6.07, 6.45) is 1.10. The average Bonchev–Trinajstić information content (AvgIpc) is 3.23. The van der Waals surface area contributed by atoms with Gasteiger partial charge in [0.1, 0.15) is 5.76 Å². The van der Waals surface area contributed by atoms with Crippen molar-refractivity contribution in [2.24, 2.45) is 5.41 Å². The molecule has 0 bridgehead atoms. The summed E-state index contributed by atoms with van der Waals surface area (Å²) in [7, 11) is 0. The van der Waals surface area contributed by atoms with Crippen LogP contribution in [0.25, 0.3) is 11.3 Å². The molecule has 0 saturated heterocycles. The molecule has 6 heteroatoms. The molecule has 1 aliphatic carbocycles. The molecule has 4 nitrogen and oxygen atoms in total. The molecular weight excluding hydrogens is 511 g/mol. The number of thiophene rings is 1. The highest BCUT2D eigenvalue weighted by molar-refractivity contribution is 14.1. The molecule has 3 aromatic rings. The lowest BCUT2D eigenvalue weighted by atomic mass is 9.71. The van der Waals surface area contributed by atoms with E-state index in [0.717, 1.165) is 14.0 Å². The van der Waals surface area contributed by atoms with Crippen LogP contribution in [-0.2, 0) is 4.79 Å². The standard InChI is InChI=1S/C24H19IO4S/c1-24(2)11-14(26)17-15(12-24)28-22-19(18(17)16-9-6-10-30-16)23(27)29-21(20(22)25)13-7-4-3-5-8-13/h3-10,18H,11-12H2,1-2H3. The van der Waals surface area contributed by atoms with Crippen LogP contribution >= 0.6 is 33.9 Å². The number of benzene rings is 1. The zero-order valence-electron chi connectivity index (χ0n) is 16.5. The first-order chi connectivity index (χ1) is 14.4. The first-order valence-electron chi connectivity index (χ1n) is 9.75. The van der Waals surface area contributed by atoms with Gasteiger partial charge in [-0.25, -0.2) is 4.79 Å². The Morgan fingerprint density at radius 3 is 2.53 bits per heavy atom. The topological polar surface area (TPSA) is 56.5 Å². The predicted molar refractivity (Wildman–Crippen MR) is 125 cm³/mol. The lowest BCUT2D eigenvalue weighted by Gasteiger charge is -2.37. The second kappa shape index (κ2) is 7.20. The highest BCUT2D eigenvalue weighted by atomic mass is 127. The van der Waals surface area contributed by atoms with Crippen molar-refractivity contribution < 1.29 is 13.9 Å². The number of ether oxygens (including phenoxy) is 1. The zero-order chi connectivity index (χ0) is 21.0. The van der Waals surface area contributed by atoms with Gasteiger partial charge in [-0.3, -0.25) is 4.79 Å². The molecule has 1 aromatic carbocycles. The number of carbonyl (C=O) groups is 1.